The van der Waals surface area contributed by atoms with Gasteiger partial charge in [0.15, 0.2) is 0 Å². The first-order valence-electron chi connectivity index (χ1n) is 16.8. The molecule has 51 heavy (non-hydrogen) atoms. The first kappa shape index (κ1) is 31.7. The lowest BCUT2D eigenvalue weighted by atomic mass is 9.93. The van der Waals surface area contributed by atoms with E-state index in [2.05, 4.69) is 25.5 Å². The molecule has 9 rings (SSSR count). The molecule has 1 aromatic carbocycles. The Labute approximate surface area is 292 Å². The number of thiophene rings is 1. The molecule has 0 unspecified atom stereocenters. The van der Waals surface area contributed by atoms with Crippen molar-refractivity contribution in [3.63, 3.8) is 0 Å². The van der Waals surface area contributed by atoms with Crippen molar-refractivity contribution >= 4 is 33.1 Å². The van der Waals surface area contributed by atoms with Gasteiger partial charge in [0, 0.05) is 36.3 Å². The van der Waals surface area contributed by atoms with Gasteiger partial charge in [-0.3, -0.25) is 14.8 Å². The minimum atomic E-state index is -4.47. The van der Waals surface area contributed by atoms with Gasteiger partial charge in [0.25, 0.3) is 5.91 Å². The lowest BCUT2D eigenvalue weighted by molar-refractivity contribution is -0.138. The standard InChI is InChI=1S/C37H29F4N7O2S/c1-18-46-47-35(50-18)28-24(10-6-19-4-7-21(38)8-5-19)44-32-26-3-2-16-48(26)36(49)30(32)29(28)27-17-20-12-14-43-34(33(20)51-27)45-25-11-9-22-23(37(39,40)41)13-15-42-31(22)25/h4-5,7-8,12-15,17,25-26H,2-3,6,9-11,16H2,1H3,(H,43,45)/t25-,26-/m0/s1. The predicted molar refractivity (Wildman–Crippen MR) is 182 cm³/mol. The van der Waals surface area contributed by atoms with Crippen LogP contribution in [0.25, 0.3) is 32.0 Å². The lowest BCUT2D eigenvalue weighted by Crippen LogP contribution is -2.22. The number of rotatable bonds is 7. The molecule has 2 atom stereocenters. The van der Waals surface area contributed by atoms with Crippen LogP contribution in [0.1, 0.15) is 81.4 Å². The van der Waals surface area contributed by atoms with Crippen molar-refractivity contribution in [2.45, 2.75) is 63.7 Å². The molecule has 5 aromatic heterocycles. The van der Waals surface area contributed by atoms with Crippen LogP contribution in [0.15, 0.2) is 59.3 Å². The van der Waals surface area contributed by atoms with Crippen molar-refractivity contribution < 1.29 is 26.8 Å². The molecule has 1 amide bonds. The van der Waals surface area contributed by atoms with E-state index in [1.807, 2.05) is 17.0 Å². The van der Waals surface area contributed by atoms with E-state index in [1.54, 1.807) is 25.3 Å². The molecule has 3 aliphatic rings. The van der Waals surface area contributed by atoms with Gasteiger partial charge in [-0.2, -0.15) is 13.2 Å². The van der Waals surface area contributed by atoms with E-state index >= 15 is 0 Å². The second-order valence-corrected chi connectivity index (χ2v) is 14.2. The number of carbonyl (C=O) groups excluding carboxylic acids is 1. The lowest BCUT2D eigenvalue weighted by Gasteiger charge is -2.16. The summed E-state index contributed by atoms with van der Waals surface area (Å²) in [6, 6.07) is 10.7. The van der Waals surface area contributed by atoms with Crippen LogP contribution in [-0.2, 0) is 25.4 Å². The van der Waals surface area contributed by atoms with Gasteiger partial charge in [-0.25, -0.2) is 9.37 Å². The Hall–Kier alpha value is -5.24. The summed E-state index contributed by atoms with van der Waals surface area (Å²) in [7, 11) is 0. The number of hydrogen-bond acceptors (Lipinski definition) is 9. The van der Waals surface area contributed by atoms with Crippen LogP contribution >= 0.6 is 11.3 Å². The second kappa shape index (κ2) is 11.9. The average molecular weight is 712 g/mol. The number of amides is 1. The average Bonchev–Trinajstić information content (AvgIpc) is 3.95. The molecule has 0 spiro atoms. The third-order valence-corrected chi connectivity index (χ3v) is 11.2. The third-order valence-electron chi connectivity index (χ3n) is 10.0. The molecule has 258 valence electrons. The summed E-state index contributed by atoms with van der Waals surface area (Å²) in [6.45, 7) is 2.34. The van der Waals surface area contributed by atoms with Crippen LogP contribution in [0, 0.1) is 12.7 Å². The van der Waals surface area contributed by atoms with Crippen LogP contribution in [-0.4, -0.2) is 42.5 Å². The van der Waals surface area contributed by atoms with Gasteiger partial charge >= 0.3 is 6.18 Å². The van der Waals surface area contributed by atoms with Gasteiger partial charge in [-0.15, -0.1) is 21.5 Å². The summed E-state index contributed by atoms with van der Waals surface area (Å²) in [5.74, 6) is 0.714. The van der Waals surface area contributed by atoms with E-state index < -0.39 is 17.8 Å². The minimum Gasteiger partial charge on any atom is -0.421 e. The fourth-order valence-electron chi connectivity index (χ4n) is 7.78. The van der Waals surface area contributed by atoms with Gasteiger partial charge in [-0.05, 0) is 85.4 Å². The maximum Gasteiger partial charge on any atom is 0.416 e. The van der Waals surface area contributed by atoms with E-state index in [-0.39, 0.29) is 35.6 Å². The summed E-state index contributed by atoms with van der Waals surface area (Å²) in [5.41, 5.74) is 4.03. The van der Waals surface area contributed by atoms with Crippen molar-refractivity contribution in [2.75, 3.05) is 11.9 Å². The molecule has 1 saturated heterocycles. The third kappa shape index (κ3) is 5.34. The topological polar surface area (TPSA) is 110 Å². The van der Waals surface area contributed by atoms with Crippen molar-refractivity contribution in [3.8, 4) is 21.9 Å². The zero-order valence-corrected chi connectivity index (χ0v) is 28.0. The number of aromatic nitrogens is 5. The SMILES string of the molecule is Cc1nnc(-c2c(CCc3ccc(F)cc3)nc3c(c2-c2cc4ccnc(N[C@H]5CCc6c(C(F)(F)F)ccnc65)c4s2)C(=O)N2CCC[C@@H]32)o1. The maximum absolute atomic E-state index is 14.2. The Balaban J connectivity index is 1.19. The van der Waals surface area contributed by atoms with Gasteiger partial charge in [0.05, 0.1) is 50.6 Å². The summed E-state index contributed by atoms with van der Waals surface area (Å²) < 4.78 is 61.9. The van der Waals surface area contributed by atoms with Crippen LogP contribution in [0.2, 0.25) is 0 Å². The Kier molecular flexibility index (Phi) is 7.42. The zero-order valence-electron chi connectivity index (χ0n) is 27.2. The van der Waals surface area contributed by atoms with Crippen molar-refractivity contribution in [1.29, 1.82) is 0 Å². The maximum atomic E-state index is 14.2. The molecular formula is C37H29F4N7O2S. The number of alkyl halides is 3. The van der Waals surface area contributed by atoms with Gasteiger partial charge in [0.2, 0.25) is 11.8 Å². The molecule has 7 heterocycles. The van der Waals surface area contributed by atoms with Crippen molar-refractivity contribution in [2.24, 2.45) is 0 Å². The molecule has 0 bridgehead atoms. The Morgan fingerprint density at radius 2 is 1.80 bits per heavy atom. The highest BCUT2D eigenvalue weighted by Gasteiger charge is 2.45. The molecule has 1 N–H and O–H groups in total. The number of halogens is 4. The summed E-state index contributed by atoms with van der Waals surface area (Å²) >= 11 is 1.43. The highest BCUT2D eigenvalue weighted by atomic mass is 32.1. The number of anilines is 1. The van der Waals surface area contributed by atoms with E-state index in [0.717, 1.165) is 45.1 Å². The van der Waals surface area contributed by atoms with E-state index in [1.165, 1.54) is 29.7 Å². The second-order valence-electron chi connectivity index (χ2n) is 13.1. The van der Waals surface area contributed by atoms with Gasteiger partial charge in [-0.1, -0.05) is 12.1 Å². The number of nitrogens with one attached hydrogen (secondary N) is 1. The monoisotopic (exact) mass is 711 g/mol. The number of aryl methyl sites for hydroxylation is 3. The minimum absolute atomic E-state index is 0.0967. The summed E-state index contributed by atoms with van der Waals surface area (Å²) in [4.78, 5) is 31.0. The molecule has 1 fully saturated rings. The molecule has 2 aliphatic heterocycles. The van der Waals surface area contributed by atoms with E-state index in [9.17, 15) is 22.4 Å². The molecule has 14 heteroatoms. The highest BCUT2D eigenvalue weighted by molar-refractivity contribution is 7.23. The largest absolute Gasteiger partial charge is 0.421 e. The van der Waals surface area contributed by atoms with Crippen LogP contribution in [0.3, 0.4) is 0 Å². The number of benzene rings is 1. The molecule has 6 aromatic rings. The Morgan fingerprint density at radius 1 is 0.980 bits per heavy atom. The molecule has 9 nitrogen and oxygen atoms in total. The molecule has 0 radical (unpaired) electrons. The Morgan fingerprint density at radius 3 is 2.59 bits per heavy atom. The first-order valence-corrected chi connectivity index (χ1v) is 17.6. The molecule has 1 aliphatic carbocycles. The summed E-state index contributed by atoms with van der Waals surface area (Å²) in [5, 5.41) is 12.8. The van der Waals surface area contributed by atoms with Gasteiger partial charge < -0.3 is 14.6 Å². The first-order chi connectivity index (χ1) is 24.6. The van der Waals surface area contributed by atoms with E-state index in [4.69, 9.17) is 9.40 Å². The van der Waals surface area contributed by atoms with Crippen molar-refractivity contribution in [1.82, 2.24) is 30.0 Å². The number of pyridine rings is 3. The highest BCUT2D eigenvalue weighted by Crippen LogP contribution is 2.51. The van der Waals surface area contributed by atoms with Crippen LogP contribution in [0.5, 0.6) is 0 Å². The van der Waals surface area contributed by atoms with Crippen molar-refractivity contribution in [3.05, 3.63) is 106 Å². The predicted octanol–water partition coefficient (Wildman–Crippen LogP) is 8.44. The summed E-state index contributed by atoms with van der Waals surface area (Å²) in [6.07, 6.45) is 1.81. The fraction of sp³-hybridized carbons (Fsp3) is 0.297. The fourth-order valence-corrected chi connectivity index (χ4v) is 8.94. The van der Waals surface area contributed by atoms with Crippen LogP contribution < -0.4 is 5.32 Å². The zero-order chi connectivity index (χ0) is 35.0. The molecule has 0 saturated carbocycles. The number of nitrogens with zero attached hydrogens (tertiary/aromatic N) is 6. The van der Waals surface area contributed by atoms with Gasteiger partial charge in [0.1, 0.15) is 11.6 Å². The number of hydrogen-bond donors (Lipinski definition) is 1. The Bertz CT molecular complexity index is 2350. The van der Waals surface area contributed by atoms with Crippen LogP contribution in [0.4, 0.5) is 23.4 Å². The number of carbonyl (C=O) groups is 1. The normalized spacial score (nSPS) is 18.1. The smallest absolute Gasteiger partial charge is 0.416 e. The van der Waals surface area contributed by atoms with E-state index in [0.29, 0.717) is 65.6 Å². The molecular weight excluding hydrogens is 683 g/mol. The number of fused-ring (bicyclic) bond motifs is 5. The quantitative estimate of drug-likeness (QED) is 0.164.